The van der Waals surface area contributed by atoms with Crippen molar-refractivity contribution < 1.29 is 9.53 Å². The molecule has 3 N–H and O–H groups in total. The Kier molecular flexibility index (Phi) is 4.68. The minimum absolute atomic E-state index is 0.0186. The van der Waals surface area contributed by atoms with Crippen LogP contribution in [0.15, 0.2) is 41.8 Å². The molecule has 1 unspecified atom stereocenters. The van der Waals surface area contributed by atoms with Crippen molar-refractivity contribution >= 4 is 17.2 Å². The first kappa shape index (κ1) is 13.7. The third kappa shape index (κ3) is 3.41. The van der Waals surface area contributed by atoms with Gasteiger partial charge in [-0.25, -0.2) is 5.84 Å². The predicted octanol–water partition coefficient (Wildman–Crippen LogP) is 2.63. The van der Waals surface area contributed by atoms with Crippen LogP contribution in [0.3, 0.4) is 0 Å². The summed E-state index contributed by atoms with van der Waals surface area (Å²) in [4.78, 5) is 12.1. The summed E-state index contributed by atoms with van der Waals surface area (Å²) in [7, 11) is 0. The summed E-state index contributed by atoms with van der Waals surface area (Å²) in [6, 6.07) is 11.9. The van der Waals surface area contributed by atoms with E-state index in [1.807, 2.05) is 48.7 Å². The molecule has 2 rings (SSSR count). The van der Waals surface area contributed by atoms with Gasteiger partial charge in [-0.3, -0.25) is 10.2 Å². The Balaban J connectivity index is 2.00. The molecule has 0 fully saturated rings. The largest absolute Gasteiger partial charge is 0.369 e. The zero-order valence-corrected chi connectivity index (χ0v) is 11.4. The smallest absolute Gasteiger partial charge is 0.275 e. The topological polar surface area (TPSA) is 64.3 Å². The summed E-state index contributed by atoms with van der Waals surface area (Å²) >= 11 is 1.36. The Morgan fingerprint density at radius 2 is 2.11 bits per heavy atom. The Morgan fingerprint density at radius 1 is 1.37 bits per heavy atom. The van der Waals surface area contributed by atoms with E-state index in [0.29, 0.717) is 11.5 Å². The molecule has 1 atom stereocenters. The number of hydrazine groups is 1. The highest BCUT2D eigenvalue weighted by Crippen LogP contribution is 2.22. The highest BCUT2D eigenvalue weighted by Gasteiger charge is 2.13. The number of hydrogen-bond donors (Lipinski definition) is 2. The van der Waals surface area contributed by atoms with Gasteiger partial charge < -0.3 is 4.74 Å². The molecular formula is C14H16N2O2S. The molecule has 1 heterocycles. The number of carbonyl (C=O) groups is 1. The number of nitrogen functional groups attached to an aromatic ring is 1. The van der Waals surface area contributed by atoms with Crippen LogP contribution in [0, 0.1) is 0 Å². The first-order chi connectivity index (χ1) is 9.22. The van der Waals surface area contributed by atoms with Crippen molar-refractivity contribution in [2.24, 2.45) is 5.84 Å². The Bertz CT molecular complexity index is 539. The highest BCUT2D eigenvalue weighted by atomic mass is 32.1. The van der Waals surface area contributed by atoms with Crippen molar-refractivity contribution in [3.63, 3.8) is 0 Å². The van der Waals surface area contributed by atoms with Crippen molar-refractivity contribution in [1.82, 2.24) is 5.43 Å². The third-order valence-corrected chi connectivity index (χ3v) is 3.80. The third-order valence-electron chi connectivity index (χ3n) is 2.84. The number of nitrogens with two attached hydrogens (primary N) is 1. The van der Waals surface area contributed by atoms with E-state index in [1.165, 1.54) is 11.3 Å². The van der Waals surface area contributed by atoms with Gasteiger partial charge in [-0.1, -0.05) is 30.3 Å². The van der Waals surface area contributed by atoms with Crippen LogP contribution in [0.2, 0.25) is 0 Å². The summed E-state index contributed by atoms with van der Waals surface area (Å²) in [6.45, 7) is 2.38. The molecule has 5 heteroatoms. The van der Waals surface area contributed by atoms with E-state index < -0.39 is 0 Å². The lowest BCUT2D eigenvalue weighted by molar-refractivity contribution is 0.0520. The quantitative estimate of drug-likeness (QED) is 0.501. The van der Waals surface area contributed by atoms with Crippen LogP contribution >= 0.6 is 11.3 Å². The van der Waals surface area contributed by atoms with Gasteiger partial charge in [-0.15, -0.1) is 11.3 Å². The molecule has 0 radical (unpaired) electrons. The van der Waals surface area contributed by atoms with Crippen LogP contribution in [0.1, 0.15) is 33.8 Å². The predicted molar refractivity (Wildman–Crippen MR) is 75.6 cm³/mol. The molecule has 0 aliphatic rings. The summed E-state index contributed by atoms with van der Waals surface area (Å²) in [5.74, 6) is 4.87. The van der Waals surface area contributed by atoms with Crippen LogP contribution in [0.4, 0.5) is 0 Å². The lowest BCUT2D eigenvalue weighted by Gasteiger charge is -2.13. The normalized spacial score (nSPS) is 12.1. The Hall–Kier alpha value is -1.69. The first-order valence-electron chi connectivity index (χ1n) is 5.96. The second kappa shape index (κ2) is 6.47. The molecule has 0 saturated carbocycles. The second-order valence-corrected chi connectivity index (χ2v) is 5.03. The number of carbonyl (C=O) groups excluding carboxylic acids is 1. The zero-order chi connectivity index (χ0) is 13.7. The molecule has 1 amide bonds. The first-order valence-corrected chi connectivity index (χ1v) is 6.84. The molecular weight excluding hydrogens is 260 g/mol. The van der Waals surface area contributed by atoms with E-state index in [-0.39, 0.29) is 12.0 Å². The molecule has 4 nitrogen and oxygen atoms in total. The zero-order valence-electron chi connectivity index (χ0n) is 10.6. The van der Waals surface area contributed by atoms with Gasteiger partial charge in [0.25, 0.3) is 5.91 Å². The summed E-state index contributed by atoms with van der Waals surface area (Å²) in [5.41, 5.74) is 4.11. The van der Waals surface area contributed by atoms with Crippen LogP contribution < -0.4 is 11.3 Å². The minimum atomic E-state index is -0.277. The molecule has 1 aromatic heterocycles. The van der Waals surface area contributed by atoms with Crippen molar-refractivity contribution in [2.45, 2.75) is 19.6 Å². The van der Waals surface area contributed by atoms with Gasteiger partial charge in [-0.05, 0) is 23.9 Å². The van der Waals surface area contributed by atoms with E-state index in [9.17, 15) is 4.79 Å². The number of amides is 1. The van der Waals surface area contributed by atoms with Crippen LogP contribution in [0.25, 0.3) is 0 Å². The minimum Gasteiger partial charge on any atom is -0.369 e. The van der Waals surface area contributed by atoms with Gasteiger partial charge in [0.15, 0.2) is 0 Å². The number of nitrogens with one attached hydrogen (secondary N) is 1. The maximum absolute atomic E-state index is 11.5. The molecule has 0 aliphatic carbocycles. The van der Waals surface area contributed by atoms with Crippen LogP contribution in [-0.2, 0) is 11.3 Å². The maximum Gasteiger partial charge on any atom is 0.275 e. The van der Waals surface area contributed by atoms with E-state index >= 15 is 0 Å². The van der Waals surface area contributed by atoms with E-state index in [2.05, 4.69) is 5.43 Å². The van der Waals surface area contributed by atoms with E-state index in [4.69, 9.17) is 10.6 Å². The molecule has 0 saturated heterocycles. The van der Waals surface area contributed by atoms with E-state index in [1.54, 1.807) is 0 Å². The van der Waals surface area contributed by atoms with Gasteiger partial charge in [0.2, 0.25) is 0 Å². The molecule has 1 aromatic carbocycles. The molecule has 2 aromatic rings. The monoisotopic (exact) mass is 276 g/mol. The van der Waals surface area contributed by atoms with Crippen molar-refractivity contribution in [3.05, 3.63) is 57.8 Å². The summed E-state index contributed by atoms with van der Waals surface area (Å²) in [5, 5.41) is 1.86. The average molecular weight is 276 g/mol. The van der Waals surface area contributed by atoms with Gasteiger partial charge in [0.05, 0.1) is 17.6 Å². The standard InChI is InChI=1S/C14H16N2O2S/c1-10(11-5-3-2-4-6-11)18-9-12-7-8-19-13(12)14(17)16-15/h2-8,10H,9,15H2,1H3,(H,16,17). The number of hydrogen-bond acceptors (Lipinski definition) is 4. The van der Waals surface area contributed by atoms with Gasteiger partial charge in [0, 0.05) is 5.56 Å². The van der Waals surface area contributed by atoms with Crippen LogP contribution in [0.5, 0.6) is 0 Å². The Morgan fingerprint density at radius 3 is 2.79 bits per heavy atom. The molecule has 100 valence electrons. The lowest BCUT2D eigenvalue weighted by atomic mass is 10.1. The van der Waals surface area contributed by atoms with Gasteiger partial charge >= 0.3 is 0 Å². The van der Waals surface area contributed by atoms with Crippen molar-refractivity contribution in [1.29, 1.82) is 0 Å². The fourth-order valence-electron chi connectivity index (χ4n) is 1.75. The fraction of sp³-hybridized carbons (Fsp3) is 0.214. The molecule has 19 heavy (non-hydrogen) atoms. The number of thiophene rings is 1. The average Bonchev–Trinajstić information content (AvgIpc) is 2.93. The summed E-state index contributed by atoms with van der Waals surface area (Å²) in [6.07, 6.45) is -0.0186. The number of benzene rings is 1. The molecule has 0 bridgehead atoms. The summed E-state index contributed by atoms with van der Waals surface area (Å²) < 4.78 is 5.79. The second-order valence-electron chi connectivity index (χ2n) is 4.11. The van der Waals surface area contributed by atoms with Gasteiger partial charge in [-0.2, -0.15) is 0 Å². The molecule has 0 spiro atoms. The number of ether oxygens (including phenoxy) is 1. The lowest BCUT2D eigenvalue weighted by Crippen LogP contribution is -2.30. The van der Waals surface area contributed by atoms with Gasteiger partial charge in [0.1, 0.15) is 0 Å². The molecule has 0 aliphatic heterocycles. The Labute approximate surface area is 116 Å². The fourth-order valence-corrected chi connectivity index (χ4v) is 2.56. The SMILES string of the molecule is CC(OCc1ccsc1C(=O)NN)c1ccccc1. The number of rotatable bonds is 5. The van der Waals surface area contributed by atoms with Crippen molar-refractivity contribution in [2.75, 3.05) is 0 Å². The van der Waals surface area contributed by atoms with Crippen LogP contribution in [-0.4, -0.2) is 5.91 Å². The highest BCUT2D eigenvalue weighted by molar-refractivity contribution is 7.12. The van der Waals surface area contributed by atoms with Crippen molar-refractivity contribution in [3.8, 4) is 0 Å². The van der Waals surface area contributed by atoms with E-state index in [0.717, 1.165) is 11.1 Å². The maximum atomic E-state index is 11.5.